The van der Waals surface area contributed by atoms with Crippen LogP contribution < -0.4 is 25.6 Å². The van der Waals surface area contributed by atoms with Crippen LogP contribution in [-0.2, 0) is 14.3 Å². The lowest BCUT2D eigenvalue weighted by atomic mass is 10.1. The van der Waals surface area contributed by atoms with Crippen LogP contribution in [0.2, 0.25) is 4.34 Å². The van der Waals surface area contributed by atoms with Crippen LogP contribution in [0.4, 0.5) is 20.2 Å². The summed E-state index contributed by atoms with van der Waals surface area (Å²) in [6.45, 7) is 1.62. The van der Waals surface area contributed by atoms with Crippen molar-refractivity contribution < 1.29 is 32.6 Å². The molecule has 0 spiro atoms. The van der Waals surface area contributed by atoms with Crippen LogP contribution in [0.5, 0.6) is 5.75 Å². The first-order valence-electron chi connectivity index (χ1n) is 11.2. The van der Waals surface area contributed by atoms with Crippen LogP contribution in [0.3, 0.4) is 0 Å². The molecule has 3 rings (SSSR count). The molecule has 1 saturated heterocycles. The number of nitrogens with one attached hydrogen (secondary N) is 3. The number of carbonyl (C=O) groups excluding carboxylic acids is 3. The maximum absolute atomic E-state index is 13.1. The van der Waals surface area contributed by atoms with Crippen molar-refractivity contribution in [1.29, 1.82) is 0 Å². The maximum Gasteiger partial charge on any atom is 0.387 e. The standard InChI is InChI=1S/C23H27ClF2N4O5S/c1-13(2)10-27-16(11-28-22(33)18-5-6-19(24)36-18)21(32)29-15-4-3-14(9-17(15)35-23(25)26)30-7-8-34-12-20(30)31/h3-6,9,13,16,23,27H,7-8,10-12H2,1-2H3,(H,28,33)(H,29,32)/t16-/m1/s1. The van der Waals surface area contributed by atoms with Crippen LogP contribution in [0.15, 0.2) is 30.3 Å². The van der Waals surface area contributed by atoms with Crippen LogP contribution in [-0.4, -0.2) is 63.2 Å². The van der Waals surface area contributed by atoms with E-state index in [1.54, 1.807) is 12.1 Å². The summed E-state index contributed by atoms with van der Waals surface area (Å²) in [6, 6.07) is 6.49. The molecule has 0 bridgehead atoms. The van der Waals surface area contributed by atoms with Crippen molar-refractivity contribution in [3.63, 3.8) is 0 Å². The lowest BCUT2D eigenvalue weighted by Crippen LogP contribution is -2.49. The zero-order chi connectivity index (χ0) is 26.2. The quantitative estimate of drug-likeness (QED) is 0.400. The Bertz CT molecular complexity index is 1080. The zero-order valence-corrected chi connectivity index (χ0v) is 21.3. The van der Waals surface area contributed by atoms with Crippen molar-refractivity contribution in [1.82, 2.24) is 10.6 Å². The molecule has 1 aliphatic rings. The third-order valence-corrected chi connectivity index (χ3v) is 6.32. The summed E-state index contributed by atoms with van der Waals surface area (Å²) in [5.41, 5.74) is 0.339. The summed E-state index contributed by atoms with van der Waals surface area (Å²) in [5, 5.41) is 8.36. The number of amides is 3. The Kier molecular flexibility index (Phi) is 9.99. The fourth-order valence-corrected chi connectivity index (χ4v) is 4.30. The highest BCUT2D eigenvalue weighted by atomic mass is 35.5. The molecule has 36 heavy (non-hydrogen) atoms. The van der Waals surface area contributed by atoms with E-state index >= 15 is 0 Å². The highest BCUT2D eigenvalue weighted by molar-refractivity contribution is 7.18. The minimum absolute atomic E-state index is 0.00234. The highest BCUT2D eigenvalue weighted by Crippen LogP contribution is 2.32. The van der Waals surface area contributed by atoms with Gasteiger partial charge in [0.05, 0.1) is 21.5 Å². The van der Waals surface area contributed by atoms with Gasteiger partial charge in [-0.3, -0.25) is 14.4 Å². The molecular formula is C23H27ClF2N4O5S. The molecule has 9 nitrogen and oxygen atoms in total. The van der Waals surface area contributed by atoms with Gasteiger partial charge in [-0.25, -0.2) is 0 Å². The second-order valence-corrected chi connectivity index (χ2v) is 10.0. The fourth-order valence-electron chi connectivity index (χ4n) is 3.34. The smallest absolute Gasteiger partial charge is 0.387 e. The van der Waals surface area contributed by atoms with Crippen molar-refractivity contribution in [3.05, 3.63) is 39.5 Å². The second kappa shape index (κ2) is 12.9. The van der Waals surface area contributed by atoms with E-state index in [0.717, 1.165) is 11.3 Å². The van der Waals surface area contributed by atoms with Crippen LogP contribution >= 0.6 is 22.9 Å². The number of alkyl halides is 2. The first kappa shape index (κ1) is 27.8. The Hall–Kier alpha value is -2.80. The third kappa shape index (κ3) is 7.85. The SMILES string of the molecule is CC(C)CN[C@H](CNC(=O)c1ccc(Cl)s1)C(=O)Nc1ccc(N2CCOCC2=O)cc1OC(F)F. The topological polar surface area (TPSA) is 109 Å². The van der Waals surface area contributed by atoms with Crippen LogP contribution in [0.25, 0.3) is 0 Å². The second-order valence-electron chi connectivity index (χ2n) is 8.31. The fraction of sp³-hybridized carbons (Fsp3) is 0.435. The molecule has 1 aromatic carbocycles. The van der Waals surface area contributed by atoms with Crippen molar-refractivity contribution in [3.8, 4) is 5.75 Å². The summed E-state index contributed by atoms with van der Waals surface area (Å²) >= 11 is 6.99. The number of benzene rings is 1. The number of hydrogen-bond donors (Lipinski definition) is 3. The Labute approximate surface area is 216 Å². The number of hydrogen-bond acceptors (Lipinski definition) is 7. The lowest BCUT2D eigenvalue weighted by molar-refractivity contribution is -0.125. The molecule has 0 unspecified atom stereocenters. The zero-order valence-electron chi connectivity index (χ0n) is 19.7. The maximum atomic E-state index is 13.1. The molecule has 0 aliphatic carbocycles. The Morgan fingerprint density at radius 3 is 2.64 bits per heavy atom. The highest BCUT2D eigenvalue weighted by Gasteiger charge is 2.25. The molecule has 196 valence electrons. The summed E-state index contributed by atoms with van der Waals surface area (Å²) in [6.07, 6.45) is 0. The number of halogens is 3. The van der Waals surface area contributed by atoms with Crippen molar-refractivity contribution >= 4 is 52.0 Å². The van der Waals surface area contributed by atoms with E-state index in [4.69, 9.17) is 16.3 Å². The monoisotopic (exact) mass is 544 g/mol. The first-order valence-corrected chi connectivity index (χ1v) is 12.4. The van der Waals surface area contributed by atoms with Gasteiger partial charge in [-0.1, -0.05) is 25.4 Å². The van der Waals surface area contributed by atoms with Gasteiger partial charge in [0, 0.05) is 24.8 Å². The minimum Gasteiger partial charge on any atom is -0.433 e. The Balaban J connectivity index is 1.75. The minimum atomic E-state index is -3.15. The summed E-state index contributed by atoms with van der Waals surface area (Å²) in [5.74, 6) is -1.36. The molecule has 13 heteroatoms. The molecule has 3 N–H and O–H groups in total. The van der Waals surface area contributed by atoms with Crippen molar-refractivity contribution in [2.24, 2.45) is 5.92 Å². The molecule has 1 aromatic heterocycles. The molecule has 1 aliphatic heterocycles. The van der Waals surface area contributed by atoms with Gasteiger partial charge >= 0.3 is 6.61 Å². The predicted octanol–water partition coefficient (Wildman–Crippen LogP) is 3.35. The molecular weight excluding hydrogens is 518 g/mol. The van der Waals surface area contributed by atoms with Gasteiger partial charge in [0.1, 0.15) is 12.6 Å². The Morgan fingerprint density at radius 2 is 2.00 bits per heavy atom. The van der Waals surface area contributed by atoms with E-state index in [1.165, 1.54) is 23.1 Å². The van der Waals surface area contributed by atoms with Gasteiger partial charge in [-0.05, 0) is 36.7 Å². The number of nitrogens with zero attached hydrogens (tertiary/aromatic N) is 1. The summed E-state index contributed by atoms with van der Waals surface area (Å²) < 4.78 is 36.4. The number of carbonyl (C=O) groups is 3. The van der Waals surface area contributed by atoms with Gasteiger partial charge in [0.15, 0.2) is 5.75 Å². The van der Waals surface area contributed by atoms with E-state index in [9.17, 15) is 23.2 Å². The van der Waals surface area contributed by atoms with Gasteiger partial charge in [-0.15, -0.1) is 11.3 Å². The van der Waals surface area contributed by atoms with Gasteiger partial charge in [0.25, 0.3) is 11.8 Å². The number of rotatable bonds is 11. The molecule has 1 fully saturated rings. The number of thiophene rings is 1. The predicted molar refractivity (Wildman–Crippen MR) is 133 cm³/mol. The van der Waals surface area contributed by atoms with E-state index in [0.29, 0.717) is 28.1 Å². The van der Waals surface area contributed by atoms with Crippen LogP contribution in [0.1, 0.15) is 23.5 Å². The molecule has 3 amide bonds. The van der Waals surface area contributed by atoms with Crippen LogP contribution in [0, 0.1) is 5.92 Å². The number of morpholine rings is 1. The number of anilines is 2. The van der Waals surface area contributed by atoms with Gasteiger partial charge < -0.3 is 30.3 Å². The third-order valence-electron chi connectivity index (χ3n) is 5.09. The average molecular weight is 545 g/mol. The molecule has 2 heterocycles. The van der Waals surface area contributed by atoms with E-state index in [1.807, 2.05) is 13.8 Å². The summed E-state index contributed by atoms with van der Waals surface area (Å²) in [4.78, 5) is 39.4. The molecule has 1 atom stereocenters. The summed E-state index contributed by atoms with van der Waals surface area (Å²) in [7, 11) is 0. The van der Waals surface area contributed by atoms with Gasteiger partial charge in [-0.2, -0.15) is 8.78 Å². The first-order chi connectivity index (χ1) is 17.1. The average Bonchev–Trinajstić information content (AvgIpc) is 3.26. The molecule has 2 aromatic rings. The molecule has 0 radical (unpaired) electrons. The Morgan fingerprint density at radius 1 is 1.22 bits per heavy atom. The van der Waals surface area contributed by atoms with E-state index in [-0.39, 0.29) is 43.0 Å². The van der Waals surface area contributed by atoms with Crippen molar-refractivity contribution in [2.45, 2.75) is 26.5 Å². The normalized spacial score (nSPS) is 14.8. The van der Waals surface area contributed by atoms with Gasteiger partial charge in [0.2, 0.25) is 5.91 Å². The van der Waals surface area contributed by atoms with Crippen molar-refractivity contribution in [2.75, 3.05) is 43.1 Å². The molecule has 0 saturated carbocycles. The lowest BCUT2D eigenvalue weighted by Gasteiger charge is -2.27. The van der Waals surface area contributed by atoms with E-state index < -0.39 is 24.5 Å². The number of ether oxygens (including phenoxy) is 2. The van der Waals surface area contributed by atoms with E-state index in [2.05, 4.69) is 20.7 Å². The largest absolute Gasteiger partial charge is 0.433 e.